The molecule has 0 atom stereocenters. The lowest BCUT2D eigenvalue weighted by Crippen LogP contribution is -2.42. The van der Waals surface area contributed by atoms with Crippen LogP contribution in [-0.4, -0.2) is 36.5 Å². The van der Waals surface area contributed by atoms with E-state index in [0.717, 1.165) is 6.54 Å². The van der Waals surface area contributed by atoms with E-state index < -0.39 is 0 Å². The standard InChI is InChI=1S/C14H23N3OS/c1-2-5-17-6-3-12(4-7-17)16-9-13-8-11(10-19-13)14(15)18/h8,10,12,16H,2-7,9H2,1H3,(H2,15,18). The van der Waals surface area contributed by atoms with Crippen molar-refractivity contribution in [1.82, 2.24) is 10.2 Å². The van der Waals surface area contributed by atoms with Gasteiger partial charge in [0.25, 0.3) is 0 Å². The molecule has 1 aliphatic rings. The highest BCUT2D eigenvalue weighted by Crippen LogP contribution is 2.16. The lowest BCUT2D eigenvalue weighted by molar-refractivity contribution is 0.100. The van der Waals surface area contributed by atoms with E-state index in [0.29, 0.717) is 11.6 Å². The fourth-order valence-electron chi connectivity index (χ4n) is 2.52. The van der Waals surface area contributed by atoms with Crippen LogP contribution < -0.4 is 11.1 Å². The Hall–Kier alpha value is -0.910. The lowest BCUT2D eigenvalue weighted by Gasteiger charge is -2.32. The van der Waals surface area contributed by atoms with Crippen LogP contribution in [0.2, 0.25) is 0 Å². The zero-order valence-corrected chi connectivity index (χ0v) is 12.3. The molecule has 2 heterocycles. The molecule has 0 radical (unpaired) electrons. The quantitative estimate of drug-likeness (QED) is 0.836. The van der Waals surface area contributed by atoms with E-state index in [1.54, 1.807) is 11.3 Å². The van der Waals surface area contributed by atoms with E-state index in [1.165, 1.54) is 43.8 Å². The Balaban J connectivity index is 1.72. The second-order valence-electron chi connectivity index (χ2n) is 5.16. The van der Waals surface area contributed by atoms with Crippen molar-refractivity contribution in [2.45, 2.75) is 38.8 Å². The summed E-state index contributed by atoms with van der Waals surface area (Å²) in [6.45, 7) is 6.69. The van der Waals surface area contributed by atoms with E-state index in [1.807, 2.05) is 11.4 Å². The molecular formula is C14H23N3OS. The van der Waals surface area contributed by atoms with Crippen LogP contribution in [0.1, 0.15) is 41.4 Å². The van der Waals surface area contributed by atoms with Crippen molar-refractivity contribution < 1.29 is 4.79 Å². The van der Waals surface area contributed by atoms with Crippen molar-refractivity contribution in [2.75, 3.05) is 19.6 Å². The zero-order valence-electron chi connectivity index (χ0n) is 11.5. The van der Waals surface area contributed by atoms with Gasteiger partial charge in [0.05, 0.1) is 5.56 Å². The Morgan fingerprint density at radius 1 is 1.53 bits per heavy atom. The predicted octanol–water partition coefficient (Wildman–Crippen LogP) is 1.81. The number of thiophene rings is 1. The van der Waals surface area contributed by atoms with Crippen LogP contribution >= 0.6 is 11.3 Å². The minimum Gasteiger partial charge on any atom is -0.366 e. The van der Waals surface area contributed by atoms with Crippen molar-refractivity contribution in [2.24, 2.45) is 5.73 Å². The minimum atomic E-state index is -0.338. The maximum Gasteiger partial charge on any atom is 0.249 e. The van der Waals surface area contributed by atoms with Crippen molar-refractivity contribution in [3.63, 3.8) is 0 Å². The van der Waals surface area contributed by atoms with Crippen LogP contribution in [0.25, 0.3) is 0 Å². The van der Waals surface area contributed by atoms with Crippen LogP contribution in [-0.2, 0) is 6.54 Å². The van der Waals surface area contributed by atoms with Crippen molar-refractivity contribution in [3.8, 4) is 0 Å². The van der Waals surface area contributed by atoms with Gasteiger partial charge in [-0.3, -0.25) is 4.79 Å². The van der Waals surface area contributed by atoms with Gasteiger partial charge in [0.2, 0.25) is 5.91 Å². The molecule has 1 saturated heterocycles. The van der Waals surface area contributed by atoms with Gasteiger partial charge in [-0.05, 0) is 45.0 Å². The average molecular weight is 281 g/mol. The molecule has 0 aliphatic carbocycles. The molecule has 4 nitrogen and oxygen atoms in total. The van der Waals surface area contributed by atoms with Crippen molar-refractivity contribution in [3.05, 3.63) is 21.9 Å². The molecule has 5 heteroatoms. The van der Waals surface area contributed by atoms with Crippen LogP contribution in [0, 0.1) is 0 Å². The monoisotopic (exact) mass is 281 g/mol. The maximum absolute atomic E-state index is 11.0. The molecule has 0 bridgehead atoms. The summed E-state index contributed by atoms with van der Waals surface area (Å²) in [6.07, 6.45) is 3.67. The molecule has 1 aromatic heterocycles. The molecule has 1 aliphatic heterocycles. The first kappa shape index (κ1) is 14.5. The number of carbonyl (C=O) groups is 1. The topological polar surface area (TPSA) is 58.4 Å². The Morgan fingerprint density at radius 3 is 2.84 bits per heavy atom. The molecule has 0 saturated carbocycles. The Labute approximate surface area is 119 Å². The number of likely N-dealkylation sites (tertiary alicyclic amines) is 1. The van der Waals surface area contributed by atoms with E-state index in [2.05, 4.69) is 17.1 Å². The van der Waals surface area contributed by atoms with Gasteiger partial charge in [-0.1, -0.05) is 6.92 Å². The van der Waals surface area contributed by atoms with Crippen LogP contribution in [0.5, 0.6) is 0 Å². The van der Waals surface area contributed by atoms with Crippen molar-refractivity contribution in [1.29, 1.82) is 0 Å². The molecular weight excluding hydrogens is 258 g/mol. The van der Waals surface area contributed by atoms with Gasteiger partial charge < -0.3 is 16.0 Å². The second kappa shape index (κ2) is 7.03. The van der Waals surface area contributed by atoms with Gasteiger partial charge in [-0.15, -0.1) is 11.3 Å². The van der Waals surface area contributed by atoms with E-state index in [4.69, 9.17) is 5.73 Å². The lowest BCUT2D eigenvalue weighted by atomic mass is 10.0. The SMILES string of the molecule is CCCN1CCC(NCc2cc(C(N)=O)cs2)CC1. The number of primary amides is 1. The van der Waals surface area contributed by atoms with Crippen LogP contribution in [0.4, 0.5) is 0 Å². The summed E-state index contributed by atoms with van der Waals surface area (Å²) in [6, 6.07) is 2.50. The Morgan fingerprint density at radius 2 is 2.26 bits per heavy atom. The third-order valence-electron chi connectivity index (χ3n) is 3.63. The highest BCUT2D eigenvalue weighted by molar-refractivity contribution is 7.10. The second-order valence-corrected chi connectivity index (χ2v) is 6.16. The summed E-state index contributed by atoms with van der Waals surface area (Å²) in [5, 5.41) is 5.42. The number of piperidine rings is 1. The molecule has 1 aromatic rings. The number of nitrogens with zero attached hydrogens (tertiary/aromatic N) is 1. The number of amides is 1. The molecule has 106 valence electrons. The minimum absolute atomic E-state index is 0.338. The zero-order chi connectivity index (χ0) is 13.7. The highest BCUT2D eigenvalue weighted by atomic mass is 32.1. The van der Waals surface area contributed by atoms with Gasteiger partial charge >= 0.3 is 0 Å². The van der Waals surface area contributed by atoms with Gasteiger partial charge in [0.1, 0.15) is 0 Å². The summed E-state index contributed by atoms with van der Waals surface area (Å²) < 4.78 is 0. The summed E-state index contributed by atoms with van der Waals surface area (Å²) in [7, 11) is 0. The molecule has 2 rings (SSSR count). The molecule has 0 spiro atoms. The summed E-state index contributed by atoms with van der Waals surface area (Å²) in [5.74, 6) is -0.338. The largest absolute Gasteiger partial charge is 0.366 e. The fourth-order valence-corrected chi connectivity index (χ4v) is 3.35. The summed E-state index contributed by atoms with van der Waals surface area (Å²) in [4.78, 5) is 14.7. The first-order valence-corrected chi connectivity index (χ1v) is 7.90. The normalized spacial score (nSPS) is 17.7. The van der Waals surface area contributed by atoms with E-state index in [-0.39, 0.29) is 5.91 Å². The molecule has 0 unspecified atom stereocenters. The summed E-state index contributed by atoms with van der Waals surface area (Å²) in [5.41, 5.74) is 5.88. The maximum atomic E-state index is 11.0. The van der Waals surface area contributed by atoms with E-state index in [9.17, 15) is 4.79 Å². The Kier molecular flexibility index (Phi) is 5.36. The number of hydrogen-bond donors (Lipinski definition) is 2. The first-order valence-electron chi connectivity index (χ1n) is 7.02. The Bertz CT molecular complexity index is 411. The fraction of sp³-hybridized carbons (Fsp3) is 0.643. The van der Waals surface area contributed by atoms with E-state index >= 15 is 0 Å². The highest BCUT2D eigenvalue weighted by Gasteiger charge is 2.18. The van der Waals surface area contributed by atoms with Gasteiger partial charge in [0.15, 0.2) is 0 Å². The van der Waals surface area contributed by atoms with Gasteiger partial charge in [-0.2, -0.15) is 0 Å². The number of rotatable bonds is 6. The van der Waals surface area contributed by atoms with Crippen LogP contribution in [0.15, 0.2) is 11.4 Å². The third-order valence-corrected chi connectivity index (χ3v) is 4.57. The number of nitrogens with one attached hydrogen (secondary N) is 1. The number of hydrogen-bond acceptors (Lipinski definition) is 4. The molecule has 0 aromatic carbocycles. The molecule has 19 heavy (non-hydrogen) atoms. The van der Waals surface area contributed by atoms with Gasteiger partial charge in [-0.25, -0.2) is 0 Å². The molecule has 1 amide bonds. The first-order chi connectivity index (χ1) is 9.19. The molecule has 1 fully saturated rings. The van der Waals surface area contributed by atoms with Crippen LogP contribution in [0.3, 0.4) is 0 Å². The summed E-state index contributed by atoms with van der Waals surface area (Å²) >= 11 is 1.60. The number of carbonyl (C=O) groups excluding carboxylic acids is 1. The number of nitrogens with two attached hydrogens (primary N) is 1. The smallest absolute Gasteiger partial charge is 0.249 e. The predicted molar refractivity (Wildman–Crippen MR) is 79.4 cm³/mol. The average Bonchev–Trinajstić information content (AvgIpc) is 2.87. The van der Waals surface area contributed by atoms with Crippen molar-refractivity contribution >= 4 is 17.2 Å². The third kappa shape index (κ3) is 4.30. The van der Waals surface area contributed by atoms with Gasteiger partial charge in [0, 0.05) is 22.8 Å². The molecule has 3 N–H and O–H groups in total.